The topological polar surface area (TPSA) is 28.7 Å². The van der Waals surface area contributed by atoms with Crippen LogP contribution < -0.4 is 0 Å². The van der Waals surface area contributed by atoms with Crippen molar-refractivity contribution >= 4 is 22.1 Å². The van der Waals surface area contributed by atoms with Crippen molar-refractivity contribution < 1.29 is 0 Å². The van der Waals surface area contributed by atoms with Gasteiger partial charge in [0.1, 0.15) is 5.82 Å². The van der Waals surface area contributed by atoms with Crippen LogP contribution in [-0.4, -0.2) is 9.97 Å². The van der Waals surface area contributed by atoms with Crippen molar-refractivity contribution in [2.75, 3.05) is 0 Å². The summed E-state index contributed by atoms with van der Waals surface area (Å²) < 4.78 is 0. The van der Waals surface area contributed by atoms with Gasteiger partial charge in [0.05, 0.1) is 5.69 Å². The minimum absolute atomic E-state index is 0.864. The van der Waals surface area contributed by atoms with Crippen molar-refractivity contribution in [3.05, 3.63) is 76.9 Å². The number of nitrogens with one attached hydrogen (secondary N) is 1. The largest absolute Gasteiger partial charge is 0.348 e. The lowest BCUT2D eigenvalue weighted by molar-refractivity contribution is 1.05. The SMILES string of the molecule is c1csc(Cc2nc(-c3cccc4ccccc34)c[nH]2)c1. The number of thiophene rings is 1. The van der Waals surface area contributed by atoms with Crippen molar-refractivity contribution in [2.45, 2.75) is 6.42 Å². The van der Waals surface area contributed by atoms with Crippen molar-refractivity contribution in [1.82, 2.24) is 9.97 Å². The van der Waals surface area contributed by atoms with Gasteiger partial charge in [-0.05, 0) is 22.2 Å². The number of aromatic nitrogens is 2. The fourth-order valence-electron chi connectivity index (χ4n) is 2.62. The van der Waals surface area contributed by atoms with Crippen molar-refractivity contribution in [3.63, 3.8) is 0 Å². The Morgan fingerprint density at radius 3 is 2.76 bits per heavy atom. The second kappa shape index (κ2) is 5.19. The average molecular weight is 290 g/mol. The maximum absolute atomic E-state index is 4.76. The zero-order valence-corrected chi connectivity index (χ0v) is 12.2. The molecule has 2 aromatic carbocycles. The first kappa shape index (κ1) is 12.4. The molecule has 0 unspecified atom stereocenters. The summed E-state index contributed by atoms with van der Waals surface area (Å²) in [6, 6.07) is 19.0. The number of hydrogen-bond donors (Lipinski definition) is 1. The van der Waals surface area contributed by atoms with Gasteiger partial charge in [0.25, 0.3) is 0 Å². The monoisotopic (exact) mass is 290 g/mol. The molecule has 0 aliphatic heterocycles. The Kier molecular flexibility index (Phi) is 3.05. The van der Waals surface area contributed by atoms with E-state index in [-0.39, 0.29) is 0 Å². The summed E-state index contributed by atoms with van der Waals surface area (Å²) in [6.45, 7) is 0. The Morgan fingerprint density at radius 1 is 0.952 bits per heavy atom. The van der Waals surface area contributed by atoms with E-state index in [1.54, 1.807) is 11.3 Å². The molecule has 0 amide bonds. The summed E-state index contributed by atoms with van der Waals surface area (Å²) in [4.78, 5) is 9.39. The summed E-state index contributed by atoms with van der Waals surface area (Å²) >= 11 is 1.77. The average Bonchev–Trinajstić information content (AvgIpc) is 3.19. The molecule has 0 saturated heterocycles. The summed E-state index contributed by atoms with van der Waals surface area (Å²) in [5.74, 6) is 1.01. The fraction of sp³-hybridized carbons (Fsp3) is 0.0556. The highest BCUT2D eigenvalue weighted by molar-refractivity contribution is 7.09. The van der Waals surface area contributed by atoms with E-state index in [4.69, 9.17) is 4.98 Å². The maximum Gasteiger partial charge on any atom is 0.112 e. The standard InChI is InChI=1S/C18H14N2S/c1-2-8-15-13(5-1)6-3-9-16(15)17-12-19-18(20-17)11-14-7-4-10-21-14/h1-10,12H,11H2,(H,19,20). The van der Waals surface area contributed by atoms with E-state index in [2.05, 4.69) is 65.0 Å². The fourth-order valence-corrected chi connectivity index (χ4v) is 3.33. The van der Waals surface area contributed by atoms with Crippen LogP contribution in [0.2, 0.25) is 0 Å². The van der Waals surface area contributed by atoms with Gasteiger partial charge in [-0.25, -0.2) is 4.98 Å². The van der Waals surface area contributed by atoms with Crippen LogP contribution in [-0.2, 0) is 6.42 Å². The van der Waals surface area contributed by atoms with Crippen LogP contribution in [0.25, 0.3) is 22.0 Å². The number of nitrogens with zero attached hydrogens (tertiary/aromatic N) is 1. The molecule has 0 saturated carbocycles. The number of benzene rings is 2. The first-order valence-corrected chi connectivity index (χ1v) is 7.83. The summed E-state index contributed by atoms with van der Waals surface area (Å²) in [5.41, 5.74) is 2.19. The third-order valence-electron chi connectivity index (χ3n) is 3.62. The predicted octanol–water partition coefficient (Wildman–Crippen LogP) is 4.88. The Hall–Kier alpha value is -2.39. The number of rotatable bonds is 3. The van der Waals surface area contributed by atoms with Crippen molar-refractivity contribution in [1.29, 1.82) is 0 Å². The van der Waals surface area contributed by atoms with Gasteiger partial charge in [0, 0.05) is 23.1 Å². The van der Waals surface area contributed by atoms with E-state index < -0.39 is 0 Å². The molecule has 0 radical (unpaired) electrons. The van der Waals surface area contributed by atoms with Crippen molar-refractivity contribution in [3.8, 4) is 11.3 Å². The minimum Gasteiger partial charge on any atom is -0.348 e. The highest BCUT2D eigenvalue weighted by Crippen LogP contribution is 2.27. The molecule has 2 nitrogen and oxygen atoms in total. The predicted molar refractivity (Wildman–Crippen MR) is 88.7 cm³/mol. The van der Waals surface area contributed by atoms with Crippen LogP contribution in [0.1, 0.15) is 10.7 Å². The van der Waals surface area contributed by atoms with Gasteiger partial charge >= 0.3 is 0 Å². The van der Waals surface area contributed by atoms with Crippen molar-refractivity contribution in [2.24, 2.45) is 0 Å². The van der Waals surface area contributed by atoms with E-state index in [0.717, 1.165) is 17.9 Å². The first-order valence-electron chi connectivity index (χ1n) is 6.95. The van der Waals surface area contributed by atoms with Gasteiger partial charge in [0.15, 0.2) is 0 Å². The molecule has 1 N–H and O–H groups in total. The second-order valence-corrected chi connectivity index (χ2v) is 6.05. The number of H-pyrrole nitrogens is 1. The van der Waals surface area contributed by atoms with E-state index >= 15 is 0 Å². The molecule has 4 rings (SSSR count). The Bertz CT molecular complexity index is 870. The zero-order valence-electron chi connectivity index (χ0n) is 11.4. The molecule has 0 spiro atoms. The Labute approximate surface area is 127 Å². The van der Waals surface area contributed by atoms with Crippen LogP contribution >= 0.6 is 11.3 Å². The van der Waals surface area contributed by atoms with Gasteiger partial charge in [-0.15, -0.1) is 11.3 Å². The number of imidazole rings is 1. The van der Waals surface area contributed by atoms with Gasteiger partial charge in [-0.3, -0.25) is 0 Å². The highest BCUT2D eigenvalue weighted by atomic mass is 32.1. The molecule has 0 atom stereocenters. The molecule has 3 heteroatoms. The minimum atomic E-state index is 0.864. The maximum atomic E-state index is 4.76. The van der Waals surface area contributed by atoms with Gasteiger partial charge in [-0.2, -0.15) is 0 Å². The number of hydrogen-bond acceptors (Lipinski definition) is 2. The molecule has 0 fully saturated rings. The lowest BCUT2D eigenvalue weighted by Gasteiger charge is -2.03. The molecule has 2 aromatic heterocycles. The number of fused-ring (bicyclic) bond motifs is 1. The highest BCUT2D eigenvalue weighted by Gasteiger charge is 2.08. The summed E-state index contributed by atoms with van der Waals surface area (Å²) in [7, 11) is 0. The van der Waals surface area contributed by atoms with Gasteiger partial charge in [0.2, 0.25) is 0 Å². The molecule has 0 bridgehead atoms. The molecule has 102 valence electrons. The quantitative estimate of drug-likeness (QED) is 0.572. The lowest BCUT2D eigenvalue weighted by atomic mass is 10.0. The van der Waals surface area contributed by atoms with E-state index in [1.165, 1.54) is 21.2 Å². The summed E-state index contributed by atoms with van der Waals surface area (Å²) in [6.07, 6.45) is 2.87. The van der Waals surface area contributed by atoms with E-state index in [1.807, 2.05) is 6.20 Å². The molecular weight excluding hydrogens is 276 g/mol. The van der Waals surface area contributed by atoms with Crippen LogP contribution in [0.4, 0.5) is 0 Å². The van der Waals surface area contributed by atoms with Crippen LogP contribution in [0.15, 0.2) is 66.2 Å². The van der Waals surface area contributed by atoms with Gasteiger partial charge < -0.3 is 4.98 Å². The smallest absolute Gasteiger partial charge is 0.112 e. The van der Waals surface area contributed by atoms with E-state index in [0.29, 0.717) is 0 Å². The second-order valence-electron chi connectivity index (χ2n) is 5.02. The normalized spacial score (nSPS) is 11.0. The molecule has 4 aromatic rings. The molecular formula is C18H14N2S. The molecule has 0 aliphatic rings. The first-order chi connectivity index (χ1) is 10.4. The third kappa shape index (κ3) is 2.36. The van der Waals surface area contributed by atoms with E-state index in [9.17, 15) is 0 Å². The lowest BCUT2D eigenvalue weighted by Crippen LogP contribution is -1.87. The third-order valence-corrected chi connectivity index (χ3v) is 4.49. The van der Waals surface area contributed by atoms with Crippen LogP contribution in [0, 0.1) is 0 Å². The molecule has 21 heavy (non-hydrogen) atoms. The zero-order chi connectivity index (χ0) is 14.1. The Morgan fingerprint density at radius 2 is 1.86 bits per heavy atom. The molecule has 0 aliphatic carbocycles. The van der Waals surface area contributed by atoms with Gasteiger partial charge in [-0.1, -0.05) is 48.5 Å². The Balaban J connectivity index is 1.74. The van der Waals surface area contributed by atoms with Crippen LogP contribution in [0.3, 0.4) is 0 Å². The molecule has 2 heterocycles. The number of aromatic amines is 1. The summed E-state index contributed by atoms with van der Waals surface area (Å²) in [5, 5.41) is 4.59. The van der Waals surface area contributed by atoms with Crippen LogP contribution in [0.5, 0.6) is 0 Å².